The molecule has 0 atom stereocenters. The Bertz CT molecular complexity index is 1290. The molecule has 2 aromatic carbocycles. The minimum atomic E-state index is -0.478. The first-order valence-corrected chi connectivity index (χ1v) is 18.5. The predicted octanol–water partition coefficient (Wildman–Crippen LogP) is 4.67. The van der Waals surface area contributed by atoms with E-state index in [1.54, 1.807) is 18.2 Å². The van der Waals surface area contributed by atoms with E-state index in [0.717, 1.165) is 12.0 Å². The van der Waals surface area contributed by atoms with Crippen LogP contribution in [0.4, 0.5) is 0 Å². The van der Waals surface area contributed by atoms with Gasteiger partial charge in [-0.2, -0.15) is 0 Å². The van der Waals surface area contributed by atoms with Crippen molar-refractivity contribution in [2.45, 2.75) is 45.8 Å². The van der Waals surface area contributed by atoms with E-state index in [1.165, 1.54) is 0 Å². The van der Waals surface area contributed by atoms with Crippen LogP contribution >= 0.6 is 0 Å². The van der Waals surface area contributed by atoms with E-state index in [4.69, 9.17) is 52.1 Å². The Kier molecular flexibility index (Phi) is 27.6. The molecule has 0 aromatic heterocycles. The summed E-state index contributed by atoms with van der Waals surface area (Å²) < 4.78 is 60.0. The van der Waals surface area contributed by atoms with Gasteiger partial charge in [0.25, 0.3) is 0 Å². The fourth-order valence-corrected chi connectivity index (χ4v) is 4.24. The third kappa shape index (κ3) is 28.1. The maximum atomic E-state index is 12.4. The smallest absolute Gasteiger partial charge is 0.338 e. The van der Waals surface area contributed by atoms with E-state index in [1.807, 2.05) is 57.2 Å². The average Bonchev–Trinajstić information content (AvgIpc) is 3.16. The van der Waals surface area contributed by atoms with Crippen molar-refractivity contribution >= 4 is 11.9 Å². The molecule has 0 heterocycles. The molecule has 0 fully saturated rings. The number of hydrogen-bond donors (Lipinski definition) is 0. The summed E-state index contributed by atoms with van der Waals surface area (Å²) in [6.45, 7) is 14.1. The third-order valence-electron chi connectivity index (χ3n) is 6.77. The second-order valence-electron chi connectivity index (χ2n) is 12.6. The SMILES string of the molecule is CC(C)(C)OC(=O)CCOCCOCCOCCOCCCOCCOCCOCCOCCOCC#Cc1cccc(C(=O)OCc2ccccc2)c1. The van der Waals surface area contributed by atoms with Gasteiger partial charge in [0.05, 0.1) is 111 Å². The first kappa shape index (κ1) is 46.7. The normalized spacial score (nSPS) is 11.2. The van der Waals surface area contributed by atoms with Crippen molar-refractivity contribution in [2.75, 3.05) is 119 Å². The molecule has 302 valence electrons. The first-order valence-electron chi connectivity index (χ1n) is 18.5. The van der Waals surface area contributed by atoms with Crippen LogP contribution in [0, 0.1) is 11.8 Å². The molecule has 0 aliphatic carbocycles. The highest BCUT2D eigenvalue weighted by Crippen LogP contribution is 2.09. The van der Waals surface area contributed by atoms with Gasteiger partial charge in [-0.1, -0.05) is 48.2 Å². The molecule has 54 heavy (non-hydrogen) atoms. The lowest BCUT2D eigenvalue weighted by Gasteiger charge is -2.19. The molecule has 0 N–H and O–H groups in total. The molecular weight excluding hydrogens is 700 g/mol. The lowest BCUT2D eigenvalue weighted by molar-refractivity contribution is -0.156. The first-order chi connectivity index (χ1) is 26.3. The summed E-state index contributed by atoms with van der Waals surface area (Å²) >= 11 is 0. The lowest BCUT2D eigenvalue weighted by atomic mass is 10.1. The summed E-state index contributed by atoms with van der Waals surface area (Å²) in [6, 6.07) is 16.6. The van der Waals surface area contributed by atoms with E-state index >= 15 is 0 Å². The van der Waals surface area contributed by atoms with Crippen molar-refractivity contribution in [3.63, 3.8) is 0 Å². The quantitative estimate of drug-likeness (QED) is 0.0582. The number of carbonyl (C=O) groups excluding carboxylic acids is 2. The zero-order valence-corrected chi connectivity index (χ0v) is 32.4. The van der Waals surface area contributed by atoms with Crippen LogP contribution in [-0.2, 0) is 63.5 Å². The van der Waals surface area contributed by atoms with Gasteiger partial charge in [0.2, 0.25) is 0 Å². The van der Waals surface area contributed by atoms with Crippen molar-refractivity contribution < 1.29 is 61.7 Å². The summed E-state index contributed by atoms with van der Waals surface area (Å²) in [7, 11) is 0. The van der Waals surface area contributed by atoms with Crippen LogP contribution in [0.15, 0.2) is 54.6 Å². The van der Waals surface area contributed by atoms with Crippen LogP contribution in [0.1, 0.15) is 55.1 Å². The summed E-state index contributed by atoms with van der Waals surface area (Å²) in [6.07, 6.45) is 1.02. The summed E-state index contributed by atoms with van der Waals surface area (Å²) in [5.74, 6) is 5.30. The van der Waals surface area contributed by atoms with Gasteiger partial charge in [0, 0.05) is 18.8 Å². The molecule has 0 saturated carbocycles. The Morgan fingerprint density at radius 3 is 1.56 bits per heavy atom. The molecule has 0 spiro atoms. The van der Waals surface area contributed by atoms with Gasteiger partial charge < -0.3 is 52.1 Å². The molecule has 0 aliphatic heterocycles. The summed E-state index contributed by atoms with van der Waals surface area (Å²) in [5, 5.41) is 0. The highest BCUT2D eigenvalue weighted by molar-refractivity contribution is 5.89. The van der Waals surface area contributed by atoms with E-state index in [-0.39, 0.29) is 31.6 Å². The van der Waals surface area contributed by atoms with Gasteiger partial charge in [-0.15, -0.1) is 0 Å². The van der Waals surface area contributed by atoms with E-state index in [9.17, 15) is 9.59 Å². The highest BCUT2D eigenvalue weighted by atomic mass is 16.6. The molecule has 0 unspecified atom stereocenters. The topological polar surface area (TPSA) is 136 Å². The predicted molar refractivity (Wildman–Crippen MR) is 201 cm³/mol. The van der Waals surface area contributed by atoms with Crippen LogP contribution in [0.2, 0.25) is 0 Å². The van der Waals surface area contributed by atoms with Crippen molar-refractivity contribution in [2.24, 2.45) is 0 Å². The van der Waals surface area contributed by atoms with Crippen LogP contribution < -0.4 is 0 Å². The van der Waals surface area contributed by atoms with Crippen LogP contribution in [0.5, 0.6) is 0 Å². The second-order valence-corrected chi connectivity index (χ2v) is 12.6. The van der Waals surface area contributed by atoms with E-state index < -0.39 is 5.60 Å². The van der Waals surface area contributed by atoms with Gasteiger partial charge in [-0.05, 0) is 51.0 Å². The molecule has 13 nitrogen and oxygen atoms in total. The number of rotatable bonds is 32. The number of ether oxygens (including phenoxy) is 11. The molecule has 2 aromatic rings. The molecule has 0 amide bonds. The second kappa shape index (κ2) is 31.9. The number of benzene rings is 2. The van der Waals surface area contributed by atoms with Gasteiger partial charge >= 0.3 is 11.9 Å². The minimum Gasteiger partial charge on any atom is -0.460 e. The van der Waals surface area contributed by atoms with Crippen LogP contribution in [0.3, 0.4) is 0 Å². The molecule has 2 rings (SSSR count). The Balaban J connectivity index is 1.25. The standard InChI is InChI=1S/C41H60O13/c1-41(2,3)54-39(42)15-19-47-23-27-51-31-28-49-25-21-45-17-9-18-46-22-26-50-30-33-52-32-29-48-24-20-44-16-8-13-36-12-7-14-38(34-36)40(43)53-35-37-10-5-4-6-11-37/h4-7,10-12,14,34H,9,15-33,35H2,1-3H3. The zero-order chi connectivity index (χ0) is 38.8. The number of hydrogen-bond acceptors (Lipinski definition) is 13. The number of esters is 2. The van der Waals surface area contributed by atoms with Crippen LogP contribution in [0.25, 0.3) is 0 Å². The fourth-order valence-electron chi connectivity index (χ4n) is 4.24. The van der Waals surface area contributed by atoms with Crippen molar-refractivity contribution in [1.29, 1.82) is 0 Å². The molecule has 13 heteroatoms. The highest BCUT2D eigenvalue weighted by Gasteiger charge is 2.15. The summed E-state index contributed by atoms with van der Waals surface area (Å²) in [5.41, 5.74) is 1.63. The Labute approximate surface area is 321 Å². The zero-order valence-electron chi connectivity index (χ0n) is 32.4. The largest absolute Gasteiger partial charge is 0.460 e. The average molecular weight is 761 g/mol. The minimum absolute atomic E-state index is 0.223. The van der Waals surface area contributed by atoms with Gasteiger partial charge in [0.15, 0.2) is 0 Å². The monoisotopic (exact) mass is 760 g/mol. The number of carbonyl (C=O) groups is 2. The molecule has 0 radical (unpaired) electrons. The Hall–Kier alpha value is -3.42. The van der Waals surface area contributed by atoms with Crippen molar-refractivity contribution in [3.05, 3.63) is 71.3 Å². The van der Waals surface area contributed by atoms with Gasteiger partial charge in [0.1, 0.15) is 18.8 Å². The van der Waals surface area contributed by atoms with Gasteiger partial charge in [-0.25, -0.2) is 4.79 Å². The third-order valence-corrected chi connectivity index (χ3v) is 6.77. The maximum absolute atomic E-state index is 12.4. The van der Waals surface area contributed by atoms with Crippen molar-refractivity contribution in [1.82, 2.24) is 0 Å². The van der Waals surface area contributed by atoms with E-state index in [0.29, 0.717) is 123 Å². The lowest BCUT2D eigenvalue weighted by Crippen LogP contribution is -2.24. The molecule has 0 bridgehead atoms. The Morgan fingerprint density at radius 2 is 1.04 bits per heavy atom. The molecular formula is C41H60O13. The molecule has 0 aliphatic rings. The van der Waals surface area contributed by atoms with Gasteiger partial charge in [-0.3, -0.25) is 4.79 Å². The maximum Gasteiger partial charge on any atom is 0.338 e. The Morgan fingerprint density at radius 1 is 0.556 bits per heavy atom. The fraction of sp³-hybridized carbons (Fsp3) is 0.610. The van der Waals surface area contributed by atoms with Crippen molar-refractivity contribution in [3.8, 4) is 11.8 Å². The molecule has 0 saturated heterocycles. The van der Waals surface area contributed by atoms with E-state index in [2.05, 4.69) is 11.8 Å². The summed E-state index contributed by atoms with van der Waals surface area (Å²) in [4.78, 5) is 23.9. The van der Waals surface area contributed by atoms with Crippen LogP contribution in [-0.4, -0.2) is 136 Å².